The molecule has 0 amide bonds. The van der Waals surface area contributed by atoms with Crippen molar-refractivity contribution in [2.24, 2.45) is 0 Å². The van der Waals surface area contributed by atoms with E-state index in [-0.39, 0.29) is 0 Å². The molecule has 5 rings (SSSR count). The average Bonchev–Trinajstić information content (AvgIpc) is 3.24. The fourth-order valence-electron chi connectivity index (χ4n) is 3.06. The molecule has 2 aromatic heterocycles. The molecule has 0 saturated heterocycles. The van der Waals surface area contributed by atoms with Crippen LogP contribution in [0.2, 0.25) is 0 Å². The highest BCUT2D eigenvalue weighted by Crippen LogP contribution is 2.37. The number of nitrogens with zero attached hydrogens (tertiary/aromatic N) is 2. The summed E-state index contributed by atoms with van der Waals surface area (Å²) in [5.41, 5.74) is 4.69. The van der Waals surface area contributed by atoms with E-state index in [4.69, 9.17) is 9.47 Å². The van der Waals surface area contributed by atoms with Gasteiger partial charge in [-0.2, -0.15) is 0 Å². The summed E-state index contributed by atoms with van der Waals surface area (Å²) in [6.07, 6.45) is 3.98. The number of hydrogen-bond donors (Lipinski definition) is 2. The minimum Gasteiger partial charge on any atom is -0.493 e. The highest BCUT2D eigenvalue weighted by atomic mass is 16.5. The van der Waals surface area contributed by atoms with Crippen LogP contribution in [0.15, 0.2) is 36.5 Å². The number of ether oxygens (including phenoxy) is 2. The number of fused-ring (bicyclic) bond motifs is 3. The second-order valence-corrected chi connectivity index (χ2v) is 5.73. The molecule has 0 atom stereocenters. The summed E-state index contributed by atoms with van der Waals surface area (Å²) in [5.74, 6) is 2.21. The molecule has 6 nitrogen and oxygen atoms in total. The van der Waals surface area contributed by atoms with Gasteiger partial charge in [-0.3, -0.25) is 0 Å². The van der Waals surface area contributed by atoms with Gasteiger partial charge in [-0.25, -0.2) is 9.97 Å². The number of para-hydroxylation sites is 1. The van der Waals surface area contributed by atoms with Gasteiger partial charge in [0.05, 0.1) is 23.7 Å². The number of aromatic nitrogens is 4. The van der Waals surface area contributed by atoms with E-state index in [2.05, 4.69) is 26.2 Å². The summed E-state index contributed by atoms with van der Waals surface area (Å²) in [6.45, 7) is 0.426. The molecule has 6 heteroatoms. The predicted octanol–water partition coefficient (Wildman–Crippen LogP) is 3.38. The van der Waals surface area contributed by atoms with Crippen LogP contribution < -0.4 is 9.47 Å². The summed E-state index contributed by atoms with van der Waals surface area (Å²) in [7, 11) is 1.64. The monoisotopic (exact) mass is 318 g/mol. The fraction of sp³-hybridized carbons (Fsp3) is 0.111. The lowest BCUT2D eigenvalue weighted by molar-refractivity contribution is 0.327. The molecule has 0 aliphatic carbocycles. The molecule has 4 aromatic rings. The van der Waals surface area contributed by atoms with E-state index in [1.54, 1.807) is 7.11 Å². The molecule has 2 aromatic carbocycles. The van der Waals surface area contributed by atoms with Crippen LogP contribution in [-0.2, 0) is 0 Å². The van der Waals surface area contributed by atoms with Gasteiger partial charge in [0, 0.05) is 22.7 Å². The van der Waals surface area contributed by atoms with Crippen molar-refractivity contribution in [3.8, 4) is 11.5 Å². The summed E-state index contributed by atoms with van der Waals surface area (Å²) >= 11 is 0. The highest BCUT2D eigenvalue weighted by Gasteiger charge is 2.19. The Morgan fingerprint density at radius 3 is 2.92 bits per heavy atom. The summed E-state index contributed by atoms with van der Waals surface area (Å²) in [6, 6.07) is 9.86. The van der Waals surface area contributed by atoms with E-state index in [0.29, 0.717) is 12.4 Å². The molecule has 24 heavy (non-hydrogen) atoms. The van der Waals surface area contributed by atoms with Gasteiger partial charge in [0.25, 0.3) is 0 Å². The first-order chi connectivity index (χ1) is 11.8. The van der Waals surface area contributed by atoms with Crippen molar-refractivity contribution in [2.75, 3.05) is 13.7 Å². The minimum atomic E-state index is 0.426. The number of hydrogen-bond acceptors (Lipinski definition) is 4. The molecule has 0 bridgehead atoms. The van der Waals surface area contributed by atoms with E-state index in [9.17, 15) is 0 Å². The zero-order chi connectivity index (χ0) is 16.1. The van der Waals surface area contributed by atoms with E-state index < -0.39 is 0 Å². The van der Waals surface area contributed by atoms with Crippen molar-refractivity contribution < 1.29 is 9.47 Å². The Labute approximate surface area is 137 Å². The maximum Gasteiger partial charge on any atom is 0.168 e. The standard InChI is InChI=1S/C18H14N4O2/c1-23-16-4-2-3-10-5-12(9-24-17(10)16)18-20-14-6-11-8-19-22-13(11)7-15(14)21-18/h2-8,19,22H,9H2,1H3. The first-order valence-corrected chi connectivity index (χ1v) is 7.66. The van der Waals surface area contributed by atoms with E-state index in [1.165, 1.54) is 0 Å². The molecule has 0 saturated carbocycles. The molecule has 0 unspecified atom stereocenters. The Bertz CT molecular complexity index is 1060. The Balaban J connectivity index is 1.63. The summed E-state index contributed by atoms with van der Waals surface area (Å²) in [5, 5.41) is 7.14. The van der Waals surface area contributed by atoms with E-state index in [1.807, 2.05) is 36.5 Å². The molecule has 118 valence electrons. The summed E-state index contributed by atoms with van der Waals surface area (Å²) in [4.78, 5) is 9.32. The maximum atomic E-state index is 5.89. The lowest BCUT2D eigenvalue weighted by Gasteiger charge is -2.18. The van der Waals surface area contributed by atoms with Gasteiger partial charge in [0.2, 0.25) is 0 Å². The van der Waals surface area contributed by atoms with Gasteiger partial charge >= 0.3 is 0 Å². The van der Waals surface area contributed by atoms with Crippen LogP contribution >= 0.6 is 0 Å². The Kier molecular flexibility index (Phi) is 2.67. The molecule has 0 fully saturated rings. The molecule has 1 aliphatic rings. The van der Waals surface area contributed by atoms with E-state index in [0.717, 1.165) is 44.6 Å². The number of methoxy groups -OCH3 is 1. The van der Waals surface area contributed by atoms with Gasteiger partial charge in [-0.1, -0.05) is 12.1 Å². The lowest BCUT2D eigenvalue weighted by Crippen LogP contribution is -2.08. The van der Waals surface area contributed by atoms with Crippen LogP contribution in [0, 0.1) is 0 Å². The first-order valence-electron chi connectivity index (χ1n) is 7.66. The first kappa shape index (κ1) is 13.2. The lowest BCUT2D eigenvalue weighted by atomic mass is 10.1. The topological polar surface area (TPSA) is 75.8 Å². The number of H-pyrrole nitrogens is 2. The van der Waals surface area contributed by atoms with Crippen LogP contribution in [-0.4, -0.2) is 33.9 Å². The molecule has 1 aliphatic heterocycles. The van der Waals surface area contributed by atoms with Gasteiger partial charge in [0.1, 0.15) is 6.61 Å². The number of aromatic amines is 2. The predicted molar refractivity (Wildman–Crippen MR) is 92.1 cm³/mol. The molecule has 2 N–H and O–H groups in total. The highest BCUT2D eigenvalue weighted by molar-refractivity contribution is 5.95. The van der Waals surface area contributed by atoms with Crippen molar-refractivity contribution in [1.82, 2.24) is 20.2 Å². The van der Waals surface area contributed by atoms with Crippen molar-refractivity contribution >= 4 is 33.6 Å². The van der Waals surface area contributed by atoms with Crippen LogP contribution in [0.5, 0.6) is 11.5 Å². The van der Waals surface area contributed by atoms with Crippen LogP contribution in [0.4, 0.5) is 0 Å². The van der Waals surface area contributed by atoms with Crippen molar-refractivity contribution in [3.05, 3.63) is 47.9 Å². The molecule has 3 heterocycles. The molecular formula is C18H14N4O2. The Morgan fingerprint density at radius 1 is 1.17 bits per heavy atom. The molecule has 0 spiro atoms. The van der Waals surface area contributed by atoms with Crippen LogP contribution in [0.1, 0.15) is 11.4 Å². The summed E-state index contributed by atoms with van der Waals surface area (Å²) < 4.78 is 11.2. The largest absolute Gasteiger partial charge is 0.493 e. The number of nitrogens with one attached hydrogen (secondary N) is 2. The average molecular weight is 318 g/mol. The number of benzene rings is 2. The van der Waals surface area contributed by atoms with Gasteiger partial charge < -0.3 is 19.7 Å². The zero-order valence-corrected chi connectivity index (χ0v) is 13.0. The minimum absolute atomic E-state index is 0.426. The van der Waals surface area contributed by atoms with Gasteiger partial charge in [-0.05, 0) is 24.3 Å². The third kappa shape index (κ3) is 1.89. The SMILES string of the molecule is COc1cccc2c1OCC(c1nc3cc4c[nH][nH]c4cc3n1)=C2. The Hall–Kier alpha value is -3.28. The third-order valence-corrected chi connectivity index (χ3v) is 4.25. The van der Waals surface area contributed by atoms with Gasteiger partial charge in [0.15, 0.2) is 17.3 Å². The van der Waals surface area contributed by atoms with Crippen molar-refractivity contribution in [3.63, 3.8) is 0 Å². The number of rotatable bonds is 2. The number of imidazole rings is 1. The second-order valence-electron chi connectivity index (χ2n) is 5.73. The van der Waals surface area contributed by atoms with Crippen molar-refractivity contribution in [1.29, 1.82) is 0 Å². The quantitative estimate of drug-likeness (QED) is 0.594. The second kappa shape index (κ2) is 4.86. The van der Waals surface area contributed by atoms with Crippen molar-refractivity contribution in [2.45, 2.75) is 0 Å². The van der Waals surface area contributed by atoms with E-state index >= 15 is 0 Å². The Morgan fingerprint density at radius 2 is 2.04 bits per heavy atom. The van der Waals surface area contributed by atoms with Crippen LogP contribution in [0.25, 0.3) is 33.6 Å². The smallest absolute Gasteiger partial charge is 0.168 e. The van der Waals surface area contributed by atoms with Gasteiger partial charge in [-0.15, -0.1) is 0 Å². The molecular weight excluding hydrogens is 304 g/mol. The zero-order valence-electron chi connectivity index (χ0n) is 13.0. The van der Waals surface area contributed by atoms with Crippen LogP contribution in [0.3, 0.4) is 0 Å². The molecule has 0 radical (unpaired) electrons. The maximum absolute atomic E-state index is 5.89. The normalized spacial score (nSPS) is 13.6. The fourth-order valence-corrected chi connectivity index (χ4v) is 3.06. The third-order valence-electron chi connectivity index (χ3n) is 4.25.